The first-order chi connectivity index (χ1) is 7.02. The van der Waals surface area contributed by atoms with E-state index in [9.17, 15) is 4.79 Å². The molecule has 0 spiro atoms. The summed E-state index contributed by atoms with van der Waals surface area (Å²) in [5, 5.41) is 0. The quantitative estimate of drug-likeness (QED) is 0.820. The summed E-state index contributed by atoms with van der Waals surface area (Å²) in [6.07, 6.45) is 0.0497. The summed E-state index contributed by atoms with van der Waals surface area (Å²) in [6.45, 7) is 5.86. The number of carbonyl (C=O) groups excluding carboxylic acids is 1. The minimum Gasteiger partial charge on any atom is -0.481 e. The van der Waals surface area contributed by atoms with Crippen molar-refractivity contribution >= 4 is 5.91 Å². The monoisotopic (exact) mass is 207 g/mol. The van der Waals surface area contributed by atoms with Crippen LogP contribution in [0.3, 0.4) is 0 Å². The molecular formula is C12H17NO2. The third-order valence-electron chi connectivity index (χ3n) is 2.16. The lowest BCUT2D eigenvalue weighted by molar-refractivity contribution is -0.124. The van der Waals surface area contributed by atoms with Crippen molar-refractivity contribution in [2.45, 2.75) is 33.3 Å². The van der Waals surface area contributed by atoms with Gasteiger partial charge in [-0.2, -0.15) is 0 Å². The molecule has 0 aliphatic carbocycles. The van der Waals surface area contributed by atoms with Crippen LogP contribution in [0.4, 0.5) is 0 Å². The van der Waals surface area contributed by atoms with E-state index in [4.69, 9.17) is 10.5 Å². The summed E-state index contributed by atoms with van der Waals surface area (Å²) in [4.78, 5) is 11.0. The molecule has 1 aromatic rings. The van der Waals surface area contributed by atoms with Crippen molar-refractivity contribution in [3.63, 3.8) is 0 Å². The smallest absolute Gasteiger partial charge is 0.258 e. The van der Waals surface area contributed by atoms with E-state index in [0.717, 1.165) is 11.1 Å². The molecule has 3 heteroatoms. The molecule has 0 aromatic heterocycles. The van der Waals surface area contributed by atoms with Crippen molar-refractivity contribution in [2.75, 3.05) is 0 Å². The minimum atomic E-state index is -0.536. The maximum absolute atomic E-state index is 11.0. The maximum Gasteiger partial charge on any atom is 0.258 e. The number of amides is 1. The molecule has 15 heavy (non-hydrogen) atoms. The summed E-state index contributed by atoms with van der Waals surface area (Å²) in [5.41, 5.74) is 7.44. The van der Waals surface area contributed by atoms with E-state index in [1.54, 1.807) is 0 Å². The second-order valence-corrected chi connectivity index (χ2v) is 3.74. The van der Waals surface area contributed by atoms with Crippen LogP contribution in [0.15, 0.2) is 18.2 Å². The predicted octanol–water partition coefficient (Wildman–Crippen LogP) is 1.95. The van der Waals surface area contributed by atoms with E-state index in [0.29, 0.717) is 12.2 Å². The number of primary amides is 1. The fraction of sp³-hybridized carbons (Fsp3) is 0.417. The Labute approximate surface area is 90.2 Å². The van der Waals surface area contributed by atoms with Crippen LogP contribution in [0.2, 0.25) is 0 Å². The molecule has 1 aromatic carbocycles. The lowest BCUT2D eigenvalue weighted by atomic mass is 10.1. The van der Waals surface area contributed by atoms with Gasteiger partial charge < -0.3 is 10.5 Å². The first-order valence-corrected chi connectivity index (χ1v) is 5.07. The Hall–Kier alpha value is -1.51. The van der Waals surface area contributed by atoms with Gasteiger partial charge >= 0.3 is 0 Å². The second-order valence-electron chi connectivity index (χ2n) is 3.74. The molecule has 82 valence electrons. The van der Waals surface area contributed by atoms with Crippen LogP contribution in [-0.2, 0) is 4.79 Å². The summed E-state index contributed by atoms with van der Waals surface area (Å²) in [5.74, 6) is 0.287. The Bertz CT molecular complexity index is 340. The molecule has 0 aliphatic rings. The van der Waals surface area contributed by atoms with Crippen molar-refractivity contribution in [2.24, 2.45) is 5.73 Å². The van der Waals surface area contributed by atoms with Gasteiger partial charge in [0.25, 0.3) is 5.91 Å². The fourth-order valence-electron chi connectivity index (χ4n) is 1.51. The third-order valence-corrected chi connectivity index (χ3v) is 2.16. The molecule has 1 unspecified atom stereocenters. The van der Waals surface area contributed by atoms with Crippen LogP contribution in [0.5, 0.6) is 5.75 Å². The van der Waals surface area contributed by atoms with E-state index in [1.165, 1.54) is 0 Å². The van der Waals surface area contributed by atoms with Crippen LogP contribution in [0.25, 0.3) is 0 Å². The third kappa shape index (κ3) is 3.27. The zero-order valence-corrected chi connectivity index (χ0v) is 9.41. The molecule has 3 nitrogen and oxygen atoms in total. The van der Waals surface area contributed by atoms with E-state index in [-0.39, 0.29) is 0 Å². The number of hydrogen-bond acceptors (Lipinski definition) is 2. The van der Waals surface area contributed by atoms with Gasteiger partial charge in [0.2, 0.25) is 0 Å². The number of ether oxygens (including phenoxy) is 1. The number of rotatable bonds is 4. The Morgan fingerprint density at radius 2 is 1.87 bits per heavy atom. The van der Waals surface area contributed by atoms with Gasteiger partial charge in [-0.25, -0.2) is 0 Å². The lowest BCUT2D eigenvalue weighted by Crippen LogP contribution is -2.33. The Morgan fingerprint density at radius 3 is 2.27 bits per heavy atom. The van der Waals surface area contributed by atoms with E-state index in [1.807, 2.05) is 32.9 Å². The lowest BCUT2D eigenvalue weighted by Gasteiger charge is -2.14. The van der Waals surface area contributed by atoms with E-state index < -0.39 is 12.0 Å². The average Bonchev–Trinajstić information content (AvgIpc) is 2.12. The second kappa shape index (κ2) is 4.82. The van der Waals surface area contributed by atoms with E-state index in [2.05, 4.69) is 6.07 Å². The Balaban J connectivity index is 2.83. The number of hydrogen-bond donors (Lipinski definition) is 1. The zero-order valence-electron chi connectivity index (χ0n) is 9.41. The van der Waals surface area contributed by atoms with Gasteiger partial charge in [-0.05, 0) is 43.5 Å². The molecule has 1 amide bonds. The predicted molar refractivity (Wildman–Crippen MR) is 59.8 cm³/mol. The molecule has 0 bridgehead atoms. The number of nitrogens with two attached hydrogens (primary N) is 1. The topological polar surface area (TPSA) is 52.3 Å². The van der Waals surface area contributed by atoms with Crippen molar-refractivity contribution < 1.29 is 9.53 Å². The maximum atomic E-state index is 11.0. The Morgan fingerprint density at radius 1 is 1.33 bits per heavy atom. The van der Waals surface area contributed by atoms with Gasteiger partial charge in [0.05, 0.1) is 0 Å². The van der Waals surface area contributed by atoms with Gasteiger partial charge in [0, 0.05) is 0 Å². The molecule has 0 saturated carbocycles. The molecule has 1 atom stereocenters. The van der Waals surface area contributed by atoms with Crippen LogP contribution < -0.4 is 10.5 Å². The van der Waals surface area contributed by atoms with E-state index >= 15 is 0 Å². The normalized spacial score (nSPS) is 12.2. The first-order valence-electron chi connectivity index (χ1n) is 5.07. The van der Waals surface area contributed by atoms with Gasteiger partial charge in [-0.3, -0.25) is 4.79 Å². The minimum absolute atomic E-state index is 0.420. The largest absolute Gasteiger partial charge is 0.481 e. The van der Waals surface area contributed by atoms with Crippen LogP contribution >= 0.6 is 0 Å². The highest BCUT2D eigenvalue weighted by Gasteiger charge is 2.14. The molecule has 0 heterocycles. The van der Waals surface area contributed by atoms with Gasteiger partial charge in [0.1, 0.15) is 5.75 Å². The number of benzene rings is 1. The highest BCUT2D eigenvalue weighted by molar-refractivity contribution is 5.79. The van der Waals surface area contributed by atoms with Crippen LogP contribution in [-0.4, -0.2) is 12.0 Å². The molecule has 0 saturated heterocycles. The summed E-state index contributed by atoms with van der Waals surface area (Å²) >= 11 is 0. The number of aryl methyl sites for hydroxylation is 2. The van der Waals surface area contributed by atoms with Gasteiger partial charge in [0.15, 0.2) is 6.10 Å². The standard InChI is InChI=1S/C12H17NO2/c1-4-11(12(13)14)15-10-6-8(2)5-9(3)7-10/h5-7,11H,4H2,1-3H3,(H2,13,14). The Kier molecular flexibility index (Phi) is 3.72. The highest BCUT2D eigenvalue weighted by atomic mass is 16.5. The summed E-state index contributed by atoms with van der Waals surface area (Å²) < 4.78 is 5.51. The van der Waals surface area contributed by atoms with Gasteiger partial charge in [-0.1, -0.05) is 13.0 Å². The molecular weight excluding hydrogens is 190 g/mol. The fourth-order valence-corrected chi connectivity index (χ4v) is 1.51. The molecule has 0 fully saturated rings. The molecule has 0 aliphatic heterocycles. The van der Waals surface area contributed by atoms with Crippen molar-refractivity contribution in [3.8, 4) is 5.75 Å². The highest BCUT2D eigenvalue weighted by Crippen LogP contribution is 2.18. The molecule has 2 N–H and O–H groups in total. The molecule has 0 radical (unpaired) electrons. The molecule has 1 rings (SSSR count). The SMILES string of the molecule is CCC(Oc1cc(C)cc(C)c1)C(N)=O. The average molecular weight is 207 g/mol. The van der Waals surface area contributed by atoms with Crippen LogP contribution in [0, 0.1) is 13.8 Å². The number of carbonyl (C=O) groups is 1. The van der Waals surface area contributed by atoms with Crippen molar-refractivity contribution in [1.82, 2.24) is 0 Å². The summed E-state index contributed by atoms with van der Waals surface area (Å²) in [7, 11) is 0. The van der Waals surface area contributed by atoms with Crippen LogP contribution in [0.1, 0.15) is 24.5 Å². The zero-order chi connectivity index (χ0) is 11.4. The van der Waals surface area contributed by atoms with Crippen molar-refractivity contribution in [3.05, 3.63) is 29.3 Å². The summed E-state index contributed by atoms with van der Waals surface area (Å²) in [6, 6.07) is 5.86. The van der Waals surface area contributed by atoms with Gasteiger partial charge in [-0.15, -0.1) is 0 Å². The first kappa shape index (κ1) is 11.6. The van der Waals surface area contributed by atoms with Crippen molar-refractivity contribution in [1.29, 1.82) is 0 Å².